The van der Waals surface area contributed by atoms with Crippen molar-refractivity contribution in [3.8, 4) is 22.4 Å². The Balaban J connectivity index is 2.15. The smallest absolute Gasteiger partial charge is 0.329 e. The van der Waals surface area contributed by atoms with E-state index < -0.39 is 10.0 Å². The van der Waals surface area contributed by atoms with Gasteiger partial charge in [0.25, 0.3) is 0 Å². The third-order valence-corrected chi connectivity index (χ3v) is 5.09. The van der Waals surface area contributed by atoms with Gasteiger partial charge < -0.3 is 4.90 Å². The molecule has 0 bridgehead atoms. The van der Waals surface area contributed by atoms with Crippen molar-refractivity contribution in [2.45, 2.75) is 4.90 Å². The van der Waals surface area contributed by atoms with E-state index >= 15 is 0 Å². The minimum Gasteiger partial charge on any atom is -0.329 e. The predicted octanol–water partition coefficient (Wildman–Crippen LogP) is 3.05. The number of sulfonamides is 1. The highest BCUT2D eigenvalue weighted by atomic mass is 35.5. The van der Waals surface area contributed by atoms with E-state index in [4.69, 9.17) is 16.7 Å². The van der Waals surface area contributed by atoms with Crippen LogP contribution in [-0.2, 0) is 10.0 Å². The maximum absolute atomic E-state index is 12.3. The summed E-state index contributed by atoms with van der Waals surface area (Å²) in [4.78, 5) is 13.7. The topological polar surface area (TPSA) is 98.3 Å². The molecule has 3 aromatic rings. The van der Waals surface area contributed by atoms with Crippen LogP contribution in [0.25, 0.3) is 22.4 Å². The predicted molar refractivity (Wildman–Crippen MR) is 104 cm³/mol. The van der Waals surface area contributed by atoms with Crippen LogP contribution in [0.15, 0.2) is 59.6 Å². The van der Waals surface area contributed by atoms with Crippen molar-refractivity contribution in [1.82, 2.24) is 14.7 Å². The average molecular weight is 405 g/mol. The number of carbonyl (C=O) groups excluding carboxylic acids is 1. The van der Waals surface area contributed by atoms with Crippen LogP contribution in [-0.4, -0.2) is 43.2 Å². The van der Waals surface area contributed by atoms with Gasteiger partial charge in [0.2, 0.25) is 10.0 Å². The molecule has 1 amide bonds. The van der Waals surface area contributed by atoms with Gasteiger partial charge >= 0.3 is 6.03 Å². The van der Waals surface area contributed by atoms with Gasteiger partial charge in [-0.05, 0) is 29.8 Å². The second-order valence-corrected chi connectivity index (χ2v) is 8.09. The molecule has 0 aliphatic carbocycles. The second-order valence-electron chi connectivity index (χ2n) is 6.09. The molecule has 0 fully saturated rings. The molecule has 9 heteroatoms. The van der Waals surface area contributed by atoms with Gasteiger partial charge in [0, 0.05) is 36.4 Å². The summed E-state index contributed by atoms with van der Waals surface area (Å²) in [6.07, 6.45) is 1.63. The van der Waals surface area contributed by atoms with Crippen molar-refractivity contribution >= 4 is 27.7 Å². The van der Waals surface area contributed by atoms with Crippen LogP contribution in [0.4, 0.5) is 4.79 Å². The van der Waals surface area contributed by atoms with E-state index in [-0.39, 0.29) is 10.9 Å². The first kappa shape index (κ1) is 19.1. The number of carbonyl (C=O) groups is 1. The van der Waals surface area contributed by atoms with E-state index in [9.17, 15) is 13.2 Å². The standard InChI is InChI=1S/C18H17ClN4O3S/c1-22(2)18(24)23-11-16(12-3-7-14(19)8-4-12)17(21-23)13-5-9-15(10-6-13)27(20,25)26/h3-11H,1-2H3,(H2,20,25,26). The molecular weight excluding hydrogens is 388 g/mol. The summed E-state index contributed by atoms with van der Waals surface area (Å²) in [7, 11) is -0.526. The van der Waals surface area contributed by atoms with Crippen molar-refractivity contribution < 1.29 is 13.2 Å². The fourth-order valence-corrected chi connectivity index (χ4v) is 3.17. The zero-order valence-electron chi connectivity index (χ0n) is 14.6. The van der Waals surface area contributed by atoms with Gasteiger partial charge in [-0.1, -0.05) is 35.9 Å². The Morgan fingerprint density at radius 3 is 2.11 bits per heavy atom. The molecule has 1 heterocycles. The van der Waals surface area contributed by atoms with Crippen molar-refractivity contribution in [3.63, 3.8) is 0 Å². The fraction of sp³-hybridized carbons (Fsp3) is 0.111. The maximum Gasteiger partial charge on any atom is 0.344 e. The van der Waals surface area contributed by atoms with Gasteiger partial charge in [-0.25, -0.2) is 18.4 Å². The van der Waals surface area contributed by atoms with Gasteiger partial charge in [0.1, 0.15) is 5.69 Å². The molecule has 1 aromatic heterocycles. The Morgan fingerprint density at radius 1 is 1.04 bits per heavy atom. The van der Waals surface area contributed by atoms with E-state index in [1.54, 1.807) is 44.6 Å². The summed E-state index contributed by atoms with van der Waals surface area (Å²) in [5, 5.41) is 10.1. The molecule has 7 nitrogen and oxygen atoms in total. The van der Waals surface area contributed by atoms with Crippen LogP contribution < -0.4 is 5.14 Å². The number of rotatable bonds is 3. The molecular formula is C18H17ClN4O3S. The van der Waals surface area contributed by atoms with Crippen LogP contribution in [0.1, 0.15) is 0 Å². The Bertz CT molecular complexity index is 1090. The minimum absolute atomic E-state index is 0.00286. The highest BCUT2D eigenvalue weighted by Crippen LogP contribution is 2.32. The zero-order chi connectivity index (χ0) is 19.8. The van der Waals surface area contributed by atoms with Crippen LogP contribution in [0, 0.1) is 0 Å². The van der Waals surface area contributed by atoms with Gasteiger partial charge in [0.05, 0.1) is 4.90 Å². The summed E-state index contributed by atoms with van der Waals surface area (Å²) < 4.78 is 24.2. The number of amides is 1. The van der Waals surface area contributed by atoms with E-state index in [0.29, 0.717) is 21.8 Å². The van der Waals surface area contributed by atoms with Crippen LogP contribution >= 0.6 is 11.6 Å². The number of benzene rings is 2. The SMILES string of the molecule is CN(C)C(=O)n1cc(-c2ccc(Cl)cc2)c(-c2ccc(S(N)(=O)=O)cc2)n1. The van der Waals surface area contributed by atoms with E-state index in [1.807, 2.05) is 12.1 Å². The lowest BCUT2D eigenvalue weighted by atomic mass is 10.0. The van der Waals surface area contributed by atoms with Crippen molar-refractivity contribution in [1.29, 1.82) is 0 Å². The highest BCUT2D eigenvalue weighted by molar-refractivity contribution is 7.89. The molecule has 0 radical (unpaired) electrons. The maximum atomic E-state index is 12.3. The molecule has 3 rings (SSSR count). The summed E-state index contributed by atoms with van der Waals surface area (Å²) in [6, 6.07) is 12.9. The molecule has 2 aromatic carbocycles. The Labute approximate surface area is 162 Å². The highest BCUT2D eigenvalue weighted by Gasteiger charge is 2.18. The Kier molecular flexibility index (Phi) is 5.05. The summed E-state index contributed by atoms with van der Waals surface area (Å²) in [5.41, 5.74) is 2.72. The molecule has 140 valence electrons. The van der Waals surface area contributed by atoms with Gasteiger partial charge in [-0.3, -0.25) is 0 Å². The van der Waals surface area contributed by atoms with Crippen molar-refractivity contribution in [3.05, 3.63) is 59.8 Å². The second kappa shape index (κ2) is 7.15. The largest absolute Gasteiger partial charge is 0.344 e. The first-order valence-corrected chi connectivity index (χ1v) is 9.80. The third kappa shape index (κ3) is 4.02. The van der Waals surface area contributed by atoms with Gasteiger partial charge in [0.15, 0.2) is 0 Å². The molecule has 0 spiro atoms. The summed E-state index contributed by atoms with van der Waals surface area (Å²) >= 11 is 5.96. The monoisotopic (exact) mass is 404 g/mol. The lowest BCUT2D eigenvalue weighted by molar-refractivity contribution is 0.216. The number of aromatic nitrogens is 2. The van der Waals surface area contributed by atoms with Crippen LogP contribution in [0.5, 0.6) is 0 Å². The summed E-state index contributed by atoms with van der Waals surface area (Å²) in [6.45, 7) is 0. The molecule has 2 N–H and O–H groups in total. The molecule has 0 saturated heterocycles. The number of primary sulfonamides is 1. The summed E-state index contributed by atoms with van der Waals surface area (Å²) in [5.74, 6) is 0. The zero-order valence-corrected chi connectivity index (χ0v) is 16.2. The van der Waals surface area contributed by atoms with Crippen LogP contribution in [0.3, 0.4) is 0 Å². The first-order valence-electron chi connectivity index (χ1n) is 7.87. The first-order chi connectivity index (χ1) is 12.7. The minimum atomic E-state index is -3.79. The number of hydrogen-bond acceptors (Lipinski definition) is 4. The number of hydrogen-bond donors (Lipinski definition) is 1. The Morgan fingerprint density at radius 2 is 1.59 bits per heavy atom. The van der Waals surface area contributed by atoms with Gasteiger partial charge in [-0.2, -0.15) is 9.78 Å². The van der Waals surface area contributed by atoms with E-state index in [1.165, 1.54) is 21.7 Å². The van der Waals surface area contributed by atoms with Crippen LogP contribution in [0.2, 0.25) is 5.02 Å². The number of nitrogens with zero attached hydrogens (tertiary/aromatic N) is 3. The molecule has 27 heavy (non-hydrogen) atoms. The molecule has 0 aliphatic heterocycles. The molecule has 0 saturated carbocycles. The van der Waals surface area contributed by atoms with E-state index in [0.717, 1.165) is 5.56 Å². The lowest BCUT2D eigenvalue weighted by Gasteiger charge is -2.08. The van der Waals surface area contributed by atoms with Crippen molar-refractivity contribution in [2.75, 3.05) is 14.1 Å². The molecule has 0 atom stereocenters. The number of halogens is 1. The lowest BCUT2D eigenvalue weighted by Crippen LogP contribution is -2.27. The Hall–Kier alpha value is -2.68. The third-order valence-electron chi connectivity index (χ3n) is 3.90. The average Bonchev–Trinajstić information content (AvgIpc) is 3.06. The van der Waals surface area contributed by atoms with Gasteiger partial charge in [-0.15, -0.1) is 0 Å². The normalized spacial score (nSPS) is 11.4. The molecule has 0 unspecified atom stereocenters. The fourth-order valence-electron chi connectivity index (χ4n) is 2.53. The van der Waals surface area contributed by atoms with E-state index in [2.05, 4.69) is 5.10 Å². The quantitative estimate of drug-likeness (QED) is 0.725. The van der Waals surface area contributed by atoms with Crippen molar-refractivity contribution in [2.24, 2.45) is 5.14 Å². The number of nitrogens with two attached hydrogens (primary N) is 1. The molecule has 0 aliphatic rings.